The van der Waals surface area contributed by atoms with Crippen molar-refractivity contribution in [2.45, 2.75) is 51.9 Å². The molecule has 0 aliphatic carbocycles. The van der Waals surface area contributed by atoms with Crippen molar-refractivity contribution in [1.29, 1.82) is 0 Å². The average Bonchev–Trinajstić information content (AvgIpc) is 2.22. The fraction of sp³-hybridized carbons (Fsp3) is 0.571. The van der Waals surface area contributed by atoms with Crippen molar-refractivity contribution in [3.63, 3.8) is 0 Å². The lowest BCUT2D eigenvalue weighted by molar-refractivity contribution is 0.402. The molecule has 0 radical (unpaired) electrons. The summed E-state index contributed by atoms with van der Waals surface area (Å²) in [4.78, 5) is 0. The van der Waals surface area contributed by atoms with Crippen molar-refractivity contribution in [1.82, 2.24) is 0 Å². The highest BCUT2D eigenvalue weighted by Gasteiger charge is 2.23. The van der Waals surface area contributed by atoms with Crippen molar-refractivity contribution < 1.29 is 10.2 Å². The molecule has 0 aliphatic rings. The van der Waals surface area contributed by atoms with Gasteiger partial charge in [-0.15, -0.1) is 0 Å². The molecule has 0 amide bonds. The Kier molecular flexibility index (Phi) is 4.22. The molecule has 1 aromatic carbocycles. The zero-order chi connectivity index (χ0) is 12.2. The van der Waals surface area contributed by atoms with Gasteiger partial charge in [0.1, 0.15) is 11.5 Å². The molecule has 0 heterocycles. The van der Waals surface area contributed by atoms with Gasteiger partial charge in [-0.05, 0) is 30.0 Å². The lowest BCUT2D eigenvalue weighted by Crippen LogP contribution is -2.17. The first kappa shape index (κ1) is 12.9. The summed E-state index contributed by atoms with van der Waals surface area (Å²) in [5.74, 6) is 0.496. The van der Waals surface area contributed by atoms with E-state index in [9.17, 15) is 10.2 Å². The molecule has 0 saturated carbocycles. The van der Waals surface area contributed by atoms with Crippen LogP contribution in [0, 0.1) is 0 Å². The van der Waals surface area contributed by atoms with Gasteiger partial charge in [-0.3, -0.25) is 0 Å². The maximum atomic E-state index is 9.82. The Morgan fingerprint density at radius 2 is 1.81 bits per heavy atom. The van der Waals surface area contributed by atoms with E-state index in [0.29, 0.717) is 0 Å². The Labute approximate surface area is 97.9 Å². The van der Waals surface area contributed by atoms with E-state index in [-0.39, 0.29) is 16.9 Å². The van der Waals surface area contributed by atoms with E-state index in [1.165, 1.54) is 18.9 Å². The van der Waals surface area contributed by atoms with Crippen molar-refractivity contribution >= 4 is 0 Å². The SMILES string of the molecule is CCCCCC(C)(C)c1cc(O)ccc1O. The fourth-order valence-electron chi connectivity index (χ4n) is 2.02. The molecule has 16 heavy (non-hydrogen) atoms. The highest BCUT2D eigenvalue weighted by Crippen LogP contribution is 2.36. The van der Waals surface area contributed by atoms with Crippen molar-refractivity contribution in [2.24, 2.45) is 0 Å². The summed E-state index contributed by atoms with van der Waals surface area (Å²) in [5, 5.41) is 19.3. The van der Waals surface area contributed by atoms with E-state index >= 15 is 0 Å². The van der Waals surface area contributed by atoms with E-state index < -0.39 is 0 Å². The van der Waals surface area contributed by atoms with Crippen LogP contribution in [-0.4, -0.2) is 10.2 Å². The first-order valence-electron chi connectivity index (χ1n) is 6.00. The minimum absolute atomic E-state index is 0.0853. The Morgan fingerprint density at radius 3 is 2.44 bits per heavy atom. The molecule has 0 atom stereocenters. The molecule has 2 heteroatoms. The number of hydrogen-bond donors (Lipinski definition) is 2. The van der Waals surface area contributed by atoms with Crippen LogP contribution in [0.3, 0.4) is 0 Å². The number of benzene rings is 1. The number of hydrogen-bond acceptors (Lipinski definition) is 2. The molecule has 1 aromatic rings. The summed E-state index contributed by atoms with van der Waals surface area (Å²) in [5.41, 5.74) is 0.751. The van der Waals surface area contributed by atoms with Crippen LogP contribution >= 0.6 is 0 Å². The summed E-state index contributed by atoms with van der Waals surface area (Å²) in [7, 11) is 0. The Morgan fingerprint density at radius 1 is 1.12 bits per heavy atom. The summed E-state index contributed by atoms with van der Waals surface area (Å²) in [6.45, 7) is 6.40. The second-order valence-electron chi connectivity index (χ2n) is 5.04. The van der Waals surface area contributed by atoms with Crippen LogP contribution in [0.5, 0.6) is 11.5 Å². The van der Waals surface area contributed by atoms with Crippen molar-refractivity contribution in [3.05, 3.63) is 23.8 Å². The van der Waals surface area contributed by atoms with Gasteiger partial charge in [0.2, 0.25) is 0 Å². The molecule has 0 aromatic heterocycles. The second kappa shape index (κ2) is 5.24. The highest BCUT2D eigenvalue weighted by atomic mass is 16.3. The van der Waals surface area contributed by atoms with Gasteiger partial charge < -0.3 is 10.2 Å². The third-order valence-corrected chi connectivity index (χ3v) is 3.11. The molecule has 0 spiro atoms. The van der Waals surface area contributed by atoms with Crippen LogP contribution in [0.1, 0.15) is 52.0 Å². The summed E-state index contributed by atoms with van der Waals surface area (Å²) in [6, 6.07) is 4.74. The van der Waals surface area contributed by atoms with Gasteiger partial charge in [0.05, 0.1) is 0 Å². The predicted octanol–water partition coefficient (Wildman–Crippen LogP) is 3.96. The van der Waals surface area contributed by atoms with Gasteiger partial charge in [0.25, 0.3) is 0 Å². The topological polar surface area (TPSA) is 40.5 Å². The molecule has 0 bridgehead atoms. The number of aromatic hydroxyl groups is 2. The highest BCUT2D eigenvalue weighted by molar-refractivity contribution is 5.42. The average molecular weight is 222 g/mol. The normalized spacial score (nSPS) is 11.7. The Balaban J connectivity index is 2.83. The van der Waals surface area contributed by atoms with E-state index in [0.717, 1.165) is 18.4 Å². The first-order valence-corrected chi connectivity index (χ1v) is 6.00. The van der Waals surface area contributed by atoms with Crippen LogP contribution in [0.2, 0.25) is 0 Å². The maximum absolute atomic E-state index is 9.82. The van der Waals surface area contributed by atoms with Crippen molar-refractivity contribution in [2.75, 3.05) is 0 Å². The van der Waals surface area contributed by atoms with E-state index in [2.05, 4.69) is 20.8 Å². The van der Waals surface area contributed by atoms with Gasteiger partial charge in [0, 0.05) is 5.56 Å². The lowest BCUT2D eigenvalue weighted by Gasteiger charge is -2.26. The standard InChI is InChI=1S/C14H22O2/c1-4-5-6-9-14(2,3)12-10-11(15)7-8-13(12)16/h7-8,10,15-16H,4-6,9H2,1-3H3. The number of rotatable bonds is 5. The van der Waals surface area contributed by atoms with Crippen molar-refractivity contribution in [3.8, 4) is 11.5 Å². The monoisotopic (exact) mass is 222 g/mol. The Bertz CT molecular complexity index is 343. The van der Waals surface area contributed by atoms with Gasteiger partial charge in [-0.1, -0.05) is 40.0 Å². The van der Waals surface area contributed by atoms with E-state index in [4.69, 9.17) is 0 Å². The molecule has 0 fully saturated rings. The van der Waals surface area contributed by atoms with E-state index in [1.54, 1.807) is 12.1 Å². The maximum Gasteiger partial charge on any atom is 0.119 e. The number of unbranched alkanes of at least 4 members (excludes halogenated alkanes) is 2. The predicted molar refractivity (Wildman–Crippen MR) is 66.9 cm³/mol. The summed E-state index contributed by atoms with van der Waals surface area (Å²) < 4.78 is 0. The molecular formula is C14H22O2. The molecule has 2 nitrogen and oxygen atoms in total. The summed E-state index contributed by atoms with van der Waals surface area (Å²) >= 11 is 0. The van der Waals surface area contributed by atoms with Gasteiger partial charge in [0.15, 0.2) is 0 Å². The molecule has 0 aliphatic heterocycles. The minimum Gasteiger partial charge on any atom is -0.508 e. The second-order valence-corrected chi connectivity index (χ2v) is 5.04. The molecule has 90 valence electrons. The third-order valence-electron chi connectivity index (χ3n) is 3.11. The summed E-state index contributed by atoms with van der Waals surface area (Å²) in [6.07, 6.45) is 4.58. The third kappa shape index (κ3) is 3.16. The van der Waals surface area contributed by atoms with E-state index in [1.807, 2.05) is 0 Å². The Hall–Kier alpha value is -1.18. The van der Waals surface area contributed by atoms with Gasteiger partial charge in [-0.25, -0.2) is 0 Å². The molecular weight excluding hydrogens is 200 g/mol. The smallest absolute Gasteiger partial charge is 0.119 e. The molecule has 1 rings (SSSR count). The number of phenols is 2. The zero-order valence-corrected chi connectivity index (χ0v) is 10.5. The quantitative estimate of drug-likeness (QED) is 0.585. The first-order chi connectivity index (χ1) is 7.47. The van der Waals surface area contributed by atoms with Gasteiger partial charge in [-0.2, -0.15) is 0 Å². The van der Waals surface area contributed by atoms with Crippen LogP contribution in [-0.2, 0) is 5.41 Å². The van der Waals surface area contributed by atoms with Crippen LogP contribution in [0.4, 0.5) is 0 Å². The van der Waals surface area contributed by atoms with Crippen LogP contribution < -0.4 is 0 Å². The molecule has 0 saturated heterocycles. The lowest BCUT2D eigenvalue weighted by atomic mass is 9.79. The fourth-order valence-corrected chi connectivity index (χ4v) is 2.02. The van der Waals surface area contributed by atoms with Crippen LogP contribution in [0.25, 0.3) is 0 Å². The largest absolute Gasteiger partial charge is 0.508 e. The van der Waals surface area contributed by atoms with Gasteiger partial charge >= 0.3 is 0 Å². The molecule has 2 N–H and O–H groups in total. The molecule has 0 unspecified atom stereocenters. The number of phenolic OH excluding ortho intramolecular Hbond substituents is 2. The minimum atomic E-state index is -0.0853. The van der Waals surface area contributed by atoms with Crippen LogP contribution in [0.15, 0.2) is 18.2 Å². The zero-order valence-electron chi connectivity index (χ0n) is 10.5.